The molecule has 0 aliphatic heterocycles. The molecule has 0 spiro atoms. The van der Waals surface area contributed by atoms with Gasteiger partial charge in [-0.3, -0.25) is 5.10 Å². The van der Waals surface area contributed by atoms with Gasteiger partial charge in [0, 0.05) is 6.04 Å². The molecule has 1 fully saturated rings. The van der Waals surface area contributed by atoms with Crippen LogP contribution in [0.1, 0.15) is 41.9 Å². The van der Waals surface area contributed by atoms with Gasteiger partial charge in [0.05, 0.1) is 11.8 Å². The number of carboxylic acids is 1. The number of aliphatic hydroxyl groups is 1. The number of nitrogens with zero attached hydrogens (tertiary/aromatic N) is 1. The monoisotopic (exact) mass is 303 g/mol. The minimum absolute atomic E-state index is 0.172. The summed E-state index contributed by atoms with van der Waals surface area (Å²) in [6, 6.07) is -0.389. The van der Waals surface area contributed by atoms with Crippen LogP contribution in [0.25, 0.3) is 0 Å². The lowest BCUT2D eigenvalue weighted by Crippen LogP contribution is -2.40. The van der Waals surface area contributed by atoms with Crippen molar-refractivity contribution in [1.82, 2.24) is 14.9 Å². The largest absolute Gasteiger partial charge is 0.476 e. The zero-order chi connectivity index (χ0) is 14.9. The van der Waals surface area contributed by atoms with Crippen molar-refractivity contribution in [2.45, 2.75) is 49.6 Å². The molecule has 9 heteroatoms. The molecule has 2 unspecified atom stereocenters. The standard InChI is InChI=1S/C11H17N3O5S/c1-6-10(9(11(16)17)13-12-6)20(18,19)14-7-3-2-4-8(15)5-7/h7-8,14-15H,2-5H2,1H3,(H,12,13)(H,16,17). The molecule has 2 atom stereocenters. The minimum Gasteiger partial charge on any atom is -0.476 e. The van der Waals surface area contributed by atoms with E-state index in [4.69, 9.17) is 5.11 Å². The van der Waals surface area contributed by atoms with Gasteiger partial charge in [0.15, 0.2) is 5.69 Å². The molecule has 0 radical (unpaired) electrons. The Morgan fingerprint density at radius 2 is 2.15 bits per heavy atom. The third kappa shape index (κ3) is 3.00. The van der Waals surface area contributed by atoms with Gasteiger partial charge in [0.1, 0.15) is 4.90 Å². The summed E-state index contributed by atoms with van der Waals surface area (Å²) in [6.07, 6.45) is 1.81. The lowest BCUT2D eigenvalue weighted by atomic mass is 9.94. The molecule has 1 heterocycles. The highest BCUT2D eigenvalue weighted by molar-refractivity contribution is 7.89. The number of sulfonamides is 1. The summed E-state index contributed by atoms with van der Waals surface area (Å²) in [7, 11) is -3.98. The number of nitrogens with one attached hydrogen (secondary N) is 2. The number of aliphatic hydroxyl groups excluding tert-OH is 1. The van der Waals surface area contributed by atoms with E-state index in [9.17, 15) is 18.3 Å². The van der Waals surface area contributed by atoms with E-state index in [1.807, 2.05) is 0 Å². The van der Waals surface area contributed by atoms with E-state index in [-0.39, 0.29) is 16.6 Å². The molecule has 1 aromatic rings. The van der Waals surface area contributed by atoms with Gasteiger partial charge in [-0.15, -0.1) is 0 Å². The number of aromatic nitrogens is 2. The van der Waals surface area contributed by atoms with E-state index in [1.54, 1.807) is 0 Å². The molecule has 4 N–H and O–H groups in total. The fraction of sp³-hybridized carbons (Fsp3) is 0.636. The van der Waals surface area contributed by atoms with E-state index >= 15 is 0 Å². The number of carbonyl (C=O) groups is 1. The predicted molar refractivity (Wildman–Crippen MR) is 68.9 cm³/mol. The number of hydrogen-bond acceptors (Lipinski definition) is 5. The van der Waals surface area contributed by atoms with Gasteiger partial charge in [0.25, 0.3) is 0 Å². The minimum atomic E-state index is -3.98. The molecule has 112 valence electrons. The van der Waals surface area contributed by atoms with Crippen LogP contribution in [0, 0.1) is 6.92 Å². The normalized spacial score (nSPS) is 23.7. The second-order valence-electron chi connectivity index (χ2n) is 4.97. The maximum Gasteiger partial charge on any atom is 0.357 e. The highest BCUT2D eigenvalue weighted by atomic mass is 32.2. The summed E-state index contributed by atoms with van der Waals surface area (Å²) < 4.78 is 27.0. The summed E-state index contributed by atoms with van der Waals surface area (Å²) in [5.41, 5.74) is -0.349. The van der Waals surface area contributed by atoms with Gasteiger partial charge in [0.2, 0.25) is 10.0 Å². The van der Waals surface area contributed by atoms with Gasteiger partial charge >= 0.3 is 5.97 Å². The van der Waals surface area contributed by atoms with Crippen LogP contribution < -0.4 is 4.72 Å². The average Bonchev–Trinajstić information content (AvgIpc) is 2.71. The summed E-state index contributed by atoms with van der Waals surface area (Å²) in [5.74, 6) is -1.40. The Morgan fingerprint density at radius 3 is 2.75 bits per heavy atom. The summed E-state index contributed by atoms with van der Waals surface area (Å²) in [5, 5.41) is 24.4. The van der Waals surface area contributed by atoms with Gasteiger partial charge in [-0.2, -0.15) is 5.10 Å². The molecular weight excluding hydrogens is 286 g/mol. The molecular formula is C11H17N3O5S. The van der Waals surface area contributed by atoms with Crippen LogP contribution in [0.2, 0.25) is 0 Å². The number of H-pyrrole nitrogens is 1. The molecule has 0 saturated heterocycles. The van der Waals surface area contributed by atoms with Crippen LogP contribution in [0.3, 0.4) is 0 Å². The summed E-state index contributed by atoms with van der Waals surface area (Å²) in [6.45, 7) is 1.45. The van der Waals surface area contributed by atoms with Crippen molar-refractivity contribution in [3.8, 4) is 0 Å². The van der Waals surface area contributed by atoms with Crippen molar-refractivity contribution in [3.05, 3.63) is 11.4 Å². The maximum absolute atomic E-state index is 12.3. The zero-order valence-corrected chi connectivity index (χ0v) is 11.8. The number of aryl methyl sites for hydroxylation is 1. The Bertz CT molecular complexity index is 610. The van der Waals surface area contributed by atoms with Crippen LogP contribution in [0.4, 0.5) is 0 Å². The number of aromatic carboxylic acids is 1. The fourth-order valence-corrected chi connectivity index (χ4v) is 4.05. The second kappa shape index (κ2) is 5.51. The van der Waals surface area contributed by atoms with Gasteiger partial charge in [-0.05, 0) is 32.6 Å². The van der Waals surface area contributed by atoms with Crippen LogP contribution in [0.15, 0.2) is 4.90 Å². The van der Waals surface area contributed by atoms with Crippen molar-refractivity contribution >= 4 is 16.0 Å². The molecule has 0 bridgehead atoms. The molecule has 1 aliphatic carbocycles. The van der Waals surface area contributed by atoms with Crippen molar-refractivity contribution in [2.75, 3.05) is 0 Å². The lowest BCUT2D eigenvalue weighted by molar-refractivity contribution is 0.0686. The first-order chi connectivity index (χ1) is 9.31. The summed E-state index contributed by atoms with van der Waals surface area (Å²) >= 11 is 0. The first-order valence-electron chi connectivity index (χ1n) is 6.30. The third-order valence-corrected chi connectivity index (χ3v) is 5.01. The topological polar surface area (TPSA) is 132 Å². The van der Waals surface area contributed by atoms with E-state index in [1.165, 1.54) is 6.92 Å². The molecule has 0 aromatic carbocycles. The number of rotatable bonds is 4. The zero-order valence-electron chi connectivity index (χ0n) is 11.0. The van der Waals surface area contributed by atoms with E-state index in [0.717, 1.165) is 6.42 Å². The van der Waals surface area contributed by atoms with Crippen LogP contribution in [-0.4, -0.2) is 46.9 Å². The predicted octanol–water partition coefficient (Wildman–Crippen LogP) is -0.00188. The molecule has 1 saturated carbocycles. The number of hydrogen-bond donors (Lipinski definition) is 4. The van der Waals surface area contributed by atoms with E-state index in [2.05, 4.69) is 14.9 Å². The molecule has 20 heavy (non-hydrogen) atoms. The number of carboxylic acid groups (broad SMARTS) is 1. The highest BCUT2D eigenvalue weighted by Gasteiger charge is 2.31. The lowest BCUT2D eigenvalue weighted by Gasteiger charge is -2.26. The Kier molecular flexibility index (Phi) is 4.11. The Hall–Kier alpha value is -1.45. The quantitative estimate of drug-likeness (QED) is 0.619. The first kappa shape index (κ1) is 14.9. The van der Waals surface area contributed by atoms with Crippen LogP contribution >= 0.6 is 0 Å². The molecule has 2 rings (SSSR count). The smallest absolute Gasteiger partial charge is 0.357 e. The second-order valence-corrected chi connectivity index (χ2v) is 6.62. The van der Waals surface area contributed by atoms with Crippen molar-refractivity contribution in [3.63, 3.8) is 0 Å². The highest BCUT2D eigenvalue weighted by Crippen LogP contribution is 2.23. The van der Waals surface area contributed by atoms with Gasteiger partial charge < -0.3 is 10.2 Å². The average molecular weight is 303 g/mol. The van der Waals surface area contributed by atoms with Crippen LogP contribution in [0.5, 0.6) is 0 Å². The van der Waals surface area contributed by atoms with Crippen molar-refractivity contribution in [1.29, 1.82) is 0 Å². The number of aromatic amines is 1. The summed E-state index contributed by atoms with van der Waals surface area (Å²) in [4.78, 5) is 10.7. The Labute approximate surface area is 116 Å². The first-order valence-corrected chi connectivity index (χ1v) is 7.78. The van der Waals surface area contributed by atoms with Crippen LogP contribution in [-0.2, 0) is 10.0 Å². The van der Waals surface area contributed by atoms with E-state index in [0.29, 0.717) is 19.3 Å². The Morgan fingerprint density at radius 1 is 1.45 bits per heavy atom. The van der Waals surface area contributed by atoms with E-state index < -0.39 is 27.8 Å². The van der Waals surface area contributed by atoms with Crippen molar-refractivity contribution in [2.24, 2.45) is 0 Å². The molecule has 8 nitrogen and oxygen atoms in total. The molecule has 1 aliphatic rings. The molecule has 1 aromatic heterocycles. The fourth-order valence-electron chi connectivity index (χ4n) is 2.44. The Balaban J connectivity index is 2.26. The maximum atomic E-state index is 12.3. The third-order valence-electron chi connectivity index (χ3n) is 3.33. The molecule has 0 amide bonds. The van der Waals surface area contributed by atoms with Gasteiger partial charge in [-0.25, -0.2) is 17.9 Å². The van der Waals surface area contributed by atoms with Crippen molar-refractivity contribution < 1.29 is 23.4 Å². The van der Waals surface area contributed by atoms with Gasteiger partial charge in [-0.1, -0.05) is 0 Å². The SMILES string of the molecule is Cc1[nH]nc(C(=O)O)c1S(=O)(=O)NC1CCCC(O)C1.